The minimum Gasteiger partial charge on any atom is -0.385 e. The van der Waals surface area contributed by atoms with E-state index >= 15 is 0 Å². The van der Waals surface area contributed by atoms with E-state index in [2.05, 4.69) is 0 Å². The van der Waals surface area contributed by atoms with E-state index in [1.165, 1.54) is 6.08 Å². The van der Waals surface area contributed by atoms with Crippen molar-refractivity contribution in [3.8, 4) is 0 Å². The lowest BCUT2D eigenvalue weighted by molar-refractivity contribution is -0.128. The molecule has 114 valence electrons. The van der Waals surface area contributed by atoms with Crippen molar-refractivity contribution < 1.29 is 17.9 Å². The summed E-state index contributed by atoms with van der Waals surface area (Å²) < 4.78 is 28.1. The lowest BCUT2D eigenvalue weighted by Gasteiger charge is -2.27. The van der Waals surface area contributed by atoms with Gasteiger partial charge in [-0.2, -0.15) is 0 Å². The first-order valence-corrected chi connectivity index (χ1v) is 8.61. The van der Waals surface area contributed by atoms with Crippen molar-refractivity contribution in [3.05, 3.63) is 24.3 Å². The molecule has 1 amide bonds. The molecular weight excluding hydrogens is 278 g/mol. The van der Waals surface area contributed by atoms with Crippen LogP contribution in [0.4, 0.5) is 0 Å². The monoisotopic (exact) mass is 301 g/mol. The number of ether oxygens (including phenoxy) is 1. The normalized spacial score (nSPS) is 21.8. The molecule has 20 heavy (non-hydrogen) atoms. The van der Waals surface area contributed by atoms with Gasteiger partial charge in [-0.05, 0) is 19.8 Å². The zero-order chi connectivity index (χ0) is 15.0. The summed E-state index contributed by atoms with van der Waals surface area (Å²) in [6.45, 7) is 2.95. The lowest BCUT2D eigenvalue weighted by Crippen LogP contribution is -2.41. The van der Waals surface area contributed by atoms with Gasteiger partial charge in [0.25, 0.3) is 0 Å². The van der Waals surface area contributed by atoms with Crippen LogP contribution in [0.1, 0.15) is 19.8 Å². The molecule has 1 rings (SSSR count). The standard InChI is InChI=1S/C14H23NO4S/c1-3-4-5-7-14(16)15(9-6-10-19-2)13-8-11-20(17,18)12-13/h3-5,7,13H,6,8-12H2,1-2H3/b4-3+,7-5+. The highest BCUT2D eigenvalue weighted by atomic mass is 32.2. The average Bonchev–Trinajstić information content (AvgIpc) is 2.75. The molecule has 0 aromatic carbocycles. The SMILES string of the molecule is C/C=C/C=C/C(=O)N(CCCOC)C1CCS(=O)(=O)C1. The number of sulfone groups is 1. The van der Waals surface area contributed by atoms with Crippen LogP contribution in [0.25, 0.3) is 0 Å². The van der Waals surface area contributed by atoms with Crippen LogP contribution in [0, 0.1) is 0 Å². The molecule has 1 saturated heterocycles. The number of methoxy groups -OCH3 is 1. The zero-order valence-corrected chi connectivity index (χ0v) is 12.9. The van der Waals surface area contributed by atoms with Gasteiger partial charge in [0, 0.05) is 32.4 Å². The maximum Gasteiger partial charge on any atom is 0.246 e. The Hall–Kier alpha value is -1.14. The maximum atomic E-state index is 12.2. The molecule has 1 aliphatic rings. The van der Waals surface area contributed by atoms with Gasteiger partial charge in [-0.3, -0.25) is 4.79 Å². The van der Waals surface area contributed by atoms with Gasteiger partial charge >= 0.3 is 0 Å². The lowest BCUT2D eigenvalue weighted by atomic mass is 10.2. The summed E-state index contributed by atoms with van der Waals surface area (Å²) in [5.74, 6) is 0.106. The van der Waals surface area contributed by atoms with E-state index in [0.29, 0.717) is 26.0 Å². The van der Waals surface area contributed by atoms with E-state index in [1.807, 2.05) is 13.0 Å². The molecule has 1 unspecified atom stereocenters. The van der Waals surface area contributed by atoms with Crippen LogP contribution in [0.2, 0.25) is 0 Å². The van der Waals surface area contributed by atoms with Crippen molar-refractivity contribution in [3.63, 3.8) is 0 Å². The summed E-state index contributed by atoms with van der Waals surface area (Å²) in [4.78, 5) is 13.8. The number of carbonyl (C=O) groups excluding carboxylic acids is 1. The largest absolute Gasteiger partial charge is 0.385 e. The molecule has 0 saturated carbocycles. The molecule has 0 radical (unpaired) electrons. The first kappa shape index (κ1) is 16.9. The molecule has 0 aliphatic carbocycles. The third kappa shape index (κ3) is 5.46. The Bertz CT molecular complexity index is 468. The number of hydrogen-bond acceptors (Lipinski definition) is 4. The molecule has 5 nitrogen and oxygen atoms in total. The van der Waals surface area contributed by atoms with Crippen LogP contribution in [0.3, 0.4) is 0 Å². The number of allylic oxidation sites excluding steroid dienone is 3. The van der Waals surface area contributed by atoms with Gasteiger partial charge < -0.3 is 9.64 Å². The van der Waals surface area contributed by atoms with Crippen molar-refractivity contribution in [2.24, 2.45) is 0 Å². The van der Waals surface area contributed by atoms with Crippen molar-refractivity contribution in [2.45, 2.75) is 25.8 Å². The number of nitrogens with zero attached hydrogens (tertiary/aromatic N) is 1. The van der Waals surface area contributed by atoms with Crippen molar-refractivity contribution in [2.75, 3.05) is 31.8 Å². The van der Waals surface area contributed by atoms with Gasteiger partial charge in [0.15, 0.2) is 9.84 Å². The predicted molar refractivity (Wildman–Crippen MR) is 79.2 cm³/mol. The van der Waals surface area contributed by atoms with Gasteiger partial charge in [-0.25, -0.2) is 8.42 Å². The summed E-state index contributed by atoms with van der Waals surface area (Å²) in [5, 5.41) is 0. The third-order valence-electron chi connectivity index (χ3n) is 3.22. The van der Waals surface area contributed by atoms with Crippen LogP contribution < -0.4 is 0 Å². The molecule has 1 heterocycles. The highest BCUT2D eigenvalue weighted by molar-refractivity contribution is 7.91. The third-order valence-corrected chi connectivity index (χ3v) is 4.97. The van der Waals surface area contributed by atoms with E-state index in [-0.39, 0.29) is 23.5 Å². The summed E-state index contributed by atoms with van der Waals surface area (Å²) in [6.07, 6.45) is 8.00. The topological polar surface area (TPSA) is 63.7 Å². The Morgan fingerprint density at radius 1 is 1.40 bits per heavy atom. The van der Waals surface area contributed by atoms with E-state index in [0.717, 1.165) is 0 Å². The maximum absolute atomic E-state index is 12.2. The first-order valence-electron chi connectivity index (χ1n) is 6.79. The van der Waals surface area contributed by atoms with Gasteiger partial charge in [0.1, 0.15) is 0 Å². The number of rotatable bonds is 7. The van der Waals surface area contributed by atoms with Gasteiger partial charge in [0.2, 0.25) is 5.91 Å². The summed E-state index contributed by atoms with van der Waals surface area (Å²) >= 11 is 0. The quantitative estimate of drug-likeness (QED) is 0.402. The second kappa shape index (κ2) is 8.21. The summed E-state index contributed by atoms with van der Waals surface area (Å²) in [5.41, 5.74) is 0. The number of hydrogen-bond donors (Lipinski definition) is 0. The van der Waals surface area contributed by atoms with E-state index in [4.69, 9.17) is 4.74 Å². The van der Waals surface area contributed by atoms with Crippen LogP contribution >= 0.6 is 0 Å². The smallest absolute Gasteiger partial charge is 0.246 e. The number of carbonyl (C=O) groups is 1. The Morgan fingerprint density at radius 3 is 2.70 bits per heavy atom. The molecule has 0 N–H and O–H groups in total. The molecule has 1 fully saturated rings. The van der Waals surface area contributed by atoms with Gasteiger partial charge in [0.05, 0.1) is 11.5 Å². The predicted octanol–water partition coefficient (Wildman–Crippen LogP) is 1.17. The van der Waals surface area contributed by atoms with Crippen molar-refractivity contribution >= 4 is 15.7 Å². The highest BCUT2D eigenvalue weighted by Gasteiger charge is 2.33. The molecule has 6 heteroatoms. The van der Waals surface area contributed by atoms with Crippen LogP contribution in [0.15, 0.2) is 24.3 Å². The van der Waals surface area contributed by atoms with Crippen molar-refractivity contribution in [1.82, 2.24) is 4.90 Å². The Balaban J connectivity index is 2.71. The summed E-state index contributed by atoms with van der Waals surface area (Å²) in [7, 11) is -1.38. The summed E-state index contributed by atoms with van der Waals surface area (Å²) in [6, 6.07) is -0.209. The molecule has 0 aromatic heterocycles. The second-order valence-corrected chi connectivity index (χ2v) is 7.05. The first-order chi connectivity index (χ1) is 9.50. The minimum atomic E-state index is -2.99. The van der Waals surface area contributed by atoms with Crippen LogP contribution in [-0.2, 0) is 19.4 Å². The Labute approximate surface area is 121 Å². The highest BCUT2D eigenvalue weighted by Crippen LogP contribution is 2.18. The molecule has 1 aliphatic heterocycles. The minimum absolute atomic E-state index is 0.0726. The molecule has 0 spiro atoms. The van der Waals surface area contributed by atoms with E-state index in [9.17, 15) is 13.2 Å². The zero-order valence-electron chi connectivity index (χ0n) is 12.1. The van der Waals surface area contributed by atoms with Gasteiger partial charge in [-0.1, -0.05) is 18.2 Å². The fourth-order valence-electron chi connectivity index (χ4n) is 2.22. The van der Waals surface area contributed by atoms with E-state index < -0.39 is 9.84 Å². The Morgan fingerprint density at radius 2 is 2.15 bits per heavy atom. The second-order valence-electron chi connectivity index (χ2n) is 4.82. The Kier molecular flexibility index (Phi) is 6.95. The van der Waals surface area contributed by atoms with E-state index in [1.54, 1.807) is 24.2 Å². The average molecular weight is 301 g/mol. The number of amides is 1. The van der Waals surface area contributed by atoms with Gasteiger partial charge in [-0.15, -0.1) is 0 Å². The molecule has 0 bridgehead atoms. The molecule has 1 atom stereocenters. The van der Waals surface area contributed by atoms with Crippen molar-refractivity contribution in [1.29, 1.82) is 0 Å². The van der Waals surface area contributed by atoms with Crippen LogP contribution in [-0.4, -0.2) is 57.0 Å². The fourth-order valence-corrected chi connectivity index (χ4v) is 3.95. The fraction of sp³-hybridized carbons (Fsp3) is 0.643. The molecule has 0 aromatic rings. The van der Waals surface area contributed by atoms with Crippen LogP contribution in [0.5, 0.6) is 0 Å². The molecular formula is C14H23NO4S.